The molecule has 1 aliphatic rings. The van der Waals surface area contributed by atoms with Crippen LogP contribution >= 0.6 is 0 Å². The molecule has 1 fully saturated rings. The second-order valence-corrected chi connectivity index (χ2v) is 4.41. The second-order valence-electron chi connectivity index (χ2n) is 4.41. The minimum absolute atomic E-state index is 0.236. The summed E-state index contributed by atoms with van der Waals surface area (Å²) in [6.45, 7) is 0.760. The normalized spacial score (nSPS) is 19.9. The quantitative estimate of drug-likeness (QED) is 0.798. The highest BCUT2D eigenvalue weighted by Gasteiger charge is 2.48. The lowest BCUT2D eigenvalue weighted by atomic mass is 9.87. The fourth-order valence-corrected chi connectivity index (χ4v) is 2.30. The van der Waals surface area contributed by atoms with Crippen LogP contribution in [0, 0.1) is 0 Å². The third-order valence-electron chi connectivity index (χ3n) is 3.48. The van der Waals surface area contributed by atoms with Gasteiger partial charge in [0.25, 0.3) is 0 Å². The lowest BCUT2D eigenvalue weighted by Gasteiger charge is -2.23. The van der Waals surface area contributed by atoms with E-state index in [2.05, 4.69) is 30.3 Å². The van der Waals surface area contributed by atoms with Crippen molar-refractivity contribution in [1.82, 2.24) is 0 Å². The van der Waals surface area contributed by atoms with Crippen LogP contribution in [0.1, 0.15) is 24.8 Å². The molecule has 2 heteroatoms. The Morgan fingerprint density at radius 3 is 2.53 bits per heavy atom. The van der Waals surface area contributed by atoms with Gasteiger partial charge in [0.2, 0.25) is 0 Å². The zero-order valence-electron chi connectivity index (χ0n) is 9.28. The molecule has 0 amide bonds. The van der Waals surface area contributed by atoms with Gasteiger partial charge in [-0.25, -0.2) is 0 Å². The second kappa shape index (κ2) is 4.33. The van der Waals surface area contributed by atoms with Gasteiger partial charge in [0.05, 0.1) is 0 Å². The van der Waals surface area contributed by atoms with Gasteiger partial charge in [0.1, 0.15) is 0 Å². The van der Waals surface area contributed by atoms with E-state index in [0.717, 1.165) is 13.0 Å². The molecule has 1 unspecified atom stereocenters. The predicted molar refractivity (Wildman–Crippen MR) is 61.8 cm³/mol. The van der Waals surface area contributed by atoms with Crippen LogP contribution in [0.2, 0.25) is 0 Å². The van der Waals surface area contributed by atoms with Crippen LogP contribution in [-0.4, -0.2) is 19.8 Å². The molecule has 0 spiro atoms. The highest BCUT2D eigenvalue weighted by molar-refractivity contribution is 5.33. The van der Waals surface area contributed by atoms with Crippen LogP contribution in [0.5, 0.6) is 0 Å². The van der Waals surface area contributed by atoms with E-state index in [1.807, 2.05) is 0 Å². The Morgan fingerprint density at radius 1 is 1.33 bits per heavy atom. The zero-order valence-corrected chi connectivity index (χ0v) is 9.28. The maximum Gasteiger partial charge on any atom is 0.0477 e. The van der Waals surface area contributed by atoms with Crippen molar-refractivity contribution in [2.24, 2.45) is 5.73 Å². The molecule has 1 saturated carbocycles. The van der Waals surface area contributed by atoms with Crippen LogP contribution in [-0.2, 0) is 10.2 Å². The third-order valence-corrected chi connectivity index (χ3v) is 3.48. The molecular weight excluding hydrogens is 186 g/mol. The molecule has 1 aliphatic carbocycles. The summed E-state index contributed by atoms with van der Waals surface area (Å²) in [5, 5.41) is 0. The highest BCUT2D eigenvalue weighted by atomic mass is 16.5. The molecule has 0 saturated heterocycles. The Labute approximate surface area is 91.4 Å². The summed E-state index contributed by atoms with van der Waals surface area (Å²) in [7, 11) is 1.73. The number of hydrogen-bond donors (Lipinski definition) is 1. The molecule has 82 valence electrons. The topological polar surface area (TPSA) is 35.2 Å². The first kappa shape index (κ1) is 10.7. The summed E-state index contributed by atoms with van der Waals surface area (Å²) in [6, 6.07) is 10.9. The first-order valence-electron chi connectivity index (χ1n) is 5.59. The molecule has 2 rings (SSSR count). The summed E-state index contributed by atoms with van der Waals surface area (Å²) < 4.78 is 5.09. The monoisotopic (exact) mass is 205 g/mol. The average molecular weight is 205 g/mol. The van der Waals surface area contributed by atoms with E-state index < -0.39 is 0 Å². The minimum Gasteiger partial charge on any atom is -0.385 e. The number of methoxy groups -OCH3 is 1. The van der Waals surface area contributed by atoms with Crippen molar-refractivity contribution >= 4 is 0 Å². The van der Waals surface area contributed by atoms with Crippen molar-refractivity contribution in [2.45, 2.75) is 30.7 Å². The van der Waals surface area contributed by atoms with E-state index in [0.29, 0.717) is 0 Å². The van der Waals surface area contributed by atoms with Gasteiger partial charge in [-0.1, -0.05) is 30.3 Å². The maximum absolute atomic E-state index is 6.25. The number of hydrogen-bond acceptors (Lipinski definition) is 2. The average Bonchev–Trinajstić information content (AvgIpc) is 3.08. The van der Waals surface area contributed by atoms with Gasteiger partial charge in [-0.2, -0.15) is 0 Å². The Kier molecular flexibility index (Phi) is 3.08. The molecule has 0 aliphatic heterocycles. The highest BCUT2D eigenvalue weighted by Crippen LogP contribution is 2.50. The van der Waals surface area contributed by atoms with Gasteiger partial charge in [-0.05, 0) is 24.8 Å². The van der Waals surface area contributed by atoms with Gasteiger partial charge >= 0.3 is 0 Å². The SMILES string of the molecule is COCCC(N)C1(c2ccccc2)CC1. The van der Waals surface area contributed by atoms with Gasteiger partial charge in [0.15, 0.2) is 0 Å². The Morgan fingerprint density at radius 2 is 2.00 bits per heavy atom. The van der Waals surface area contributed by atoms with Gasteiger partial charge < -0.3 is 10.5 Å². The first-order valence-corrected chi connectivity index (χ1v) is 5.59. The predicted octanol–water partition coefficient (Wildman–Crippen LogP) is 2.08. The molecule has 0 radical (unpaired) electrons. The molecule has 1 atom stereocenters. The van der Waals surface area contributed by atoms with E-state index in [9.17, 15) is 0 Å². The summed E-state index contributed by atoms with van der Waals surface area (Å²) in [6.07, 6.45) is 3.40. The molecule has 1 aromatic carbocycles. The van der Waals surface area contributed by atoms with Crippen molar-refractivity contribution < 1.29 is 4.74 Å². The van der Waals surface area contributed by atoms with Crippen LogP contribution < -0.4 is 5.73 Å². The Bertz CT molecular complexity index is 306. The largest absolute Gasteiger partial charge is 0.385 e. The fraction of sp³-hybridized carbons (Fsp3) is 0.538. The van der Waals surface area contributed by atoms with E-state index in [1.54, 1.807) is 7.11 Å². The van der Waals surface area contributed by atoms with Crippen molar-refractivity contribution in [1.29, 1.82) is 0 Å². The molecular formula is C13H19NO. The Balaban J connectivity index is 2.07. The standard InChI is InChI=1S/C13H19NO/c1-15-10-7-12(14)13(8-9-13)11-5-3-2-4-6-11/h2-6,12H,7-10,14H2,1H3. The van der Waals surface area contributed by atoms with Crippen molar-refractivity contribution in [3.05, 3.63) is 35.9 Å². The van der Waals surface area contributed by atoms with Crippen molar-refractivity contribution in [3.63, 3.8) is 0 Å². The Hall–Kier alpha value is -0.860. The number of rotatable bonds is 5. The molecule has 1 aromatic rings. The summed E-state index contributed by atoms with van der Waals surface area (Å²) >= 11 is 0. The fourth-order valence-electron chi connectivity index (χ4n) is 2.30. The van der Waals surface area contributed by atoms with E-state index >= 15 is 0 Å². The minimum atomic E-state index is 0.236. The molecule has 15 heavy (non-hydrogen) atoms. The van der Waals surface area contributed by atoms with Crippen LogP contribution in [0.15, 0.2) is 30.3 Å². The number of ether oxygens (including phenoxy) is 1. The number of benzene rings is 1. The summed E-state index contributed by atoms with van der Waals surface area (Å²) in [4.78, 5) is 0. The molecule has 0 heterocycles. The molecule has 2 N–H and O–H groups in total. The maximum atomic E-state index is 6.25. The van der Waals surface area contributed by atoms with Crippen LogP contribution in [0.4, 0.5) is 0 Å². The van der Waals surface area contributed by atoms with Crippen molar-refractivity contribution in [2.75, 3.05) is 13.7 Å². The lowest BCUT2D eigenvalue weighted by Crippen LogP contribution is -2.35. The van der Waals surface area contributed by atoms with Crippen molar-refractivity contribution in [3.8, 4) is 0 Å². The third kappa shape index (κ3) is 2.06. The molecule has 0 bridgehead atoms. The molecule has 0 aromatic heterocycles. The van der Waals surface area contributed by atoms with E-state index in [4.69, 9.17) is 10.5 Å². The van der Waals surface area contributed by atoms with E-state index in [-0.39, 0.29) is 11.5 Å². The smallest absolute Gasteiger partial charge is 0.0477 e. The summed E-state index contributed by atoms with van der Waals surface area (Å²) in [5.41, 5.74) is 7.90. The van der Waals surface area contributed by atoms with Gasteiger partial charge in [-0.15, -0.1) is 0 Å². The summed E-state index contributed by atoms with van der Waals surface area (Å²) in [5.74, 6) is 0. The van der Waals surface area contributed by atoms with Gasteiger partial charge in [0, 0.05) is 25.2 Å². The lowest BCUT2D eigenvalue weighted by molar-refractivity contribution is 0.182. The molecule has 2 nitrogen and oxygen atoms in total. The number of nitrogens with two attached hydrogens (primary N) is 1. The van der Waals surface area contributed by atoms with Crippen LogP contribution in [0.3, 0.4) is 0 Å². The zero-order chi connectivity index (χ0) is 10.7. The van der Waals surface area contributed by atoms with Crippen LogP contribution in [0.25, 0.3) is 0 Å². The van der Waals surface area contributed by atoms with E-state index in [1.165, 1.54) is 18.4 Å². The first-order chi connectivity index (χ1) is 7.29. The van der Waals surface area contributed by atoms with Gasteiger partial charge in [-0.3, -0.25) is 0 Å².